The fourth-order valence-electron chi connectivity index (χ4n) is 2.88. The summed E-state index contributed by atoms with van der Waals surface area (Å²) in [6.07, 6.45) is -2.36. The summed E-state index contributed by atoms with van der Waals surface area (Å²) in [4.78, 5) is 22.6. The van der Waals surface area contributed by atoms with Crippen molar-refractivity contribution in [2.45, 2.75) is 77.5 Å². The average molecular weight is 346 g/mol. The second kappa shape index (κ2) is 6.95. The molecule has 0 aromatic rings. The van der Waals surface area contributed by atoms with Crippen LogP contribution in [0.25, 0.3) is 0 Å². The Hall–Kier alpha value is -1.22. The highest BCUT2D eigenvalue weighted by Crippen LogP contribution is 2.37. The van der Waals surface area contributed by atoms with E-state index in [9.17, 15) is 9.59 Å². The molecule has 8 nitrogen and oxygen atoms in total. The van der Waals surface area contributed by atoms with Crippen molar-refractivity contribution in [1.29, 1.82) is 0 Å². The first-order valence-electron chi connectivity index (χ1n) is 7.97. The van der Waals surface area contributed by atoms with E-state index < -0.39 is 41.8 Å². The lowest BCUT2D eigenvalue weighted by molar-refractivity contribution is -0.179. The van der Waals surface area contributed by atoms with E-state index in [2.05, 4.69) is 0 Å². The number of hydrogen-bond acceptors (Lipinski definition) is 8. The van der Waals surface area contributed by atoms with Gasteiger partial charge < -0.3 is 28.4 Å². The highest BCUT2D eigenvalue weighted by molar-refractivity contribution is 5.67. The van der Waals surface area contributed by atoms with Crippen molar-refractivity contribution in [3.05, 3.63) is 0 Å². The quantitative estimate of drug-likeness (QED) is 0.685. The maximum Gasteiger partial charge on any atom is 0.303 e. The van der Waals surface area contributed by atoms with Crippen molar-refractivity contribution in [1.82, 2.24) is 0 Å². The Bertz CT molecular complexity index is 486. The normalized spacial score (nSPS) is 32.3. The van der Waals surface area contributed by atoms with E-state index in [1.165, 1.54) is 13.8 Å². The molecule has 0 aromatic heterocycles. The molecule has 0 amide bonds. The fraction of sp³-hybridized carbons (Fsp3) is 0.875. The molecule has 2 saturated heterocycles. The second-order valence-corrected chi connectivity index (χ2v) is 6.88. The molecule has 8 heteroatoms. The first-order chi connectivity index (χ1) is 11.0. The van der Waals surface area contributed by atoms with E-state index in [0.29, 0.717) is 6.61 Å². The minimum Gasteiger partial charge on any atom is -0.462 e. The molecule has 0 N–H and O–H groups in total. The van der Waals surface area contributed by atoms with Crippen LogP contribution in [0.2, 0.25) is 0 Å². The van der Waals surface area contributed by atoms with Gasteiger partial charge in [0, 0.05) is 13.8 Å². The Balaban J connectivity index is 2.17. The zero-order valence-electron chi connectivity index (χ0n) is 15.0. The van der Waals surface area contributed by atoms with Gasteiger partial charge in [-0.25, -0.2) is 0 Å². The maximum absolute atomic E-state index is 11.4. The molecule has 2 aliphatic heterocycles. The van der Waals surface area contributed by atoms with Gasteiger partial charge in [0.05, 0.1) is 6.61 Å². The third-order valence-electron chi connectivity index (χ3n) is 3.70. The van der Waals surface area contributed by atoms with Gasteiger partial charge >= 0.3 is 11.9 Å². The molecule has 0 spiro atoms. The van der Waals surface area contributed by atoms with Crippen LogP contribution in [-0.2, 0) is 38.0 Å². The summed E-state index contributed by atoms with van der Waals surface area (Å²) in [7, 11) is 0. The van der Waals surface area contributed by atoms with Crippen LogP contribution >= 0.6 is 0 Å². The first kappa shape index (κ1) is 19.1. The summed E-state index contributed by atoms with van der Waals surface area (Å²) in [5.74, 6) is -2.58. The van der Waals surface area contributed by atoms with Crippen LogP contribution in [-0.4, -0.2) is 61.1 Å². The van der Waals surface area contributed by atoms with Gasteiger partial charge in [-0.2, -0.15) is 0 Å². The van der Waals surface area contributed by atoms with Crippen molar-refractivity contribution in [3.8, 4) is 0 Å². The van der Waals surface area contributed by atoms with Crippen LogP contribution in [0.1, 0.15) is 41.5 Å². The van der Waals surface area contributed by atoms with Gasteiger partial charge in [0.2, 0.25) is 0 Å². The van der Waals surface area contributed by atoms with Gasteiger partial charge in [0.25, 0.3) is 0 Å². The molecule has 0 saturated carbocycles. The van der Waals surface area contributed by atoms with Crippen LogP contribution < -0.4 is 0 Å². The summed E-state index contributed by atoms with van der Waals surface area (Å²) in [5, 5.41) is 0. The van der Waals surface area contributed by atoms with E-state index >= 15 is 0 Å². The van der Waals surface area contributed by atoms with Crippen molar-refractivity contribution in [2.75, 3.05) is 13.2 Å². The van der Waals surface area contributed by atoms with E-state index in [-0.39, 0.29) is 12.7 Å². The fourth-order valence-corrected chi connectivity index (χ4v) is 2.88. The predicted molar refractivity (Wildman–Crippen MR) is 80.9 cm³/mol. The van der Waals surface area contributed by atoms with Crippen LogP contribution in [0.5, 0.6) is 0 Å². The third-order valence-corrected chi connectivity index (χ3v) is 3.70. The lowest BCUT2D eigenvalue weighted by Crippen LogP contribution is -2.47. The smallest absolute Gasteiger partial charge is 0.303 e. The van der Waals surface area contributed by atoms with Crippen molar-refractivity contribution < 1.29 is 38.0 Å². The lowest BCUT2D eigenvalue weighted by Gasteiger charge is -2.28. The Kier molecular flexibility index (Phi) is 5.54. The monoisotopic (exact) mass is 346 g/mol. The largest absolute Gasteiger partial charge is 0.462 e. The van der Waals surface area contributed by atoms with Crippen molar-refractivity contribution >= 4 is 11.9 Å². The minimum absolute atomic E-state index is 0.119. The molecule has 0 aromatic carbocycles. The number of carbonyl (C=O) groups is 2. The van der Waals surface area contributed by atoms with Crippen LogP contribution in [0.4, 0.5) is 0 Å². The highest BCUT2D eigenvalue weighted by Gasteiger charge is 2.53. The number of ether oxygens (including phenoxy) is 6. The van der Waals surface area contributed by atoms with Gasteiger partial charge in [0.15, 0.2) is 17.7 Å². The standard InChI is InChI=1S/C16H26O8/c1-9(17)19-7-11(21-10(2)18)13-14(24-16(5,6)23-13)12-8-20-15(3,4)22-12/h11-14H,7-8H2,1-6H3/t11-,12-,13-,14+/m0/s1. The molecule has 2 rings (SSSR count). The van der Waals surface area contributed by atoms with E-state index in [1.54, 1.807) is 13.8 Å². The molecule has 24 heavy (non-hydrogen) atoms. The third kappa shape index (κ3) is 4.89. The molecule has 2 heterocycles. The first-order valence-corrected chi connectivity index (χ1v) is 7.97. The summed E-state index contributed by atoms with van der Waals surface area (Å²) < 4.78 is 33.6. The Morgan fingerprint density at radius 3 is 2.21 bits per heavy atom. The number of carbonyl (C=O) groups excluding carboxylic acids is 2. The van der Waals surface area contributed by atoms with Gasteiger partial charge in [-0.1, -0.05) is 0 Å². The summed E-state index contributed by atoms with van der Waals surface area (Å²) in [5.41, 5.74) is 0. The number of rotatable bonds is 5. The molecular weight excluding hydrogens is 320 g/mol. The molecule has 4 atom stereocenters. The second-order valence-electron chi connectivity index (χ2n) is 6.88. The zero-order chi connectivity index (χ0) is 18.1. The Morgan fingerprint density at radius 1 is 1.04 bits per heavy atom. The van der Waals surface area contributed by atoms with Crippen molar-refractivity contribution in [3.63, 3.8) is 0 Å². The van der Waals surface area contributed by atoms with Gasteiger partial charge in [-0.3, -0.25) is 9.59 Å². The topological polar surface area (TPSA) is 89.5 Å². The molecular formula is C16H26O8. The maximum atomic E-state index is 11.4. The lowest BCUT2D eigenvalue weighted by atomic mass is 10.0. The zero-order valence-corrected chi connectivity index (χ0v) is 15.0. The SMILES string of the molecule is CC(=O)OC[C@H](OC(C)=O)[C@@H]1OC(C)(C)O[C@@H]1[C@@H]1COC(C)(C)O1. The molecule has 0 unspecified atom stereocenters. The van der Waals surface area contributed by atoms with Crippen LogP contribution in [0.3, 0.4) is 0 Å². The molecule has 2 aliphatic rings. The van der Waals surface area contributed by atoms with E-state index in [4.69, 9.17) is 28.4 Å². The van der Waals surface area contributed by atoms with Crippen LogP contribution in [0, 0.1) is 0 Å². The molecule has 138 valence electrons. The molecule has 0 radical (unpaired) electrons. The van der Waals surface area contributed by atoms with Gasteiger partial charge in [-0.15, -0.1) is 0 Å². The van der Waals surface area contributed by atoms with Gasteiger partial charge in [-0.05, 0) is 27.7 Å². The minimum atomic E-state index is -0.889. The van der Waals surface area contributed by atoms with E-state index in [1.807, 2.05) is 13.8 Å². The number of esters is 2. The summed E-state index contributed by atoms with van der Waals surface area (Å²) in [6.45, 7) is 9.93. The summed E-state index contributed by atoms with van der Waals surface area (Å²) >= 11 is 0. The molecule has 0 bridgehead atoms. The Labute approximate surface area is 141 Å². The highest BCUT2D eigenvalue weighted by atomic mass is 16.8. The molecule has 0 aliphatic carbocycles. The predicted octanol–water partition coefficient (Wildman–Crippen LogP) is 1.15. The van der Waals surface area contributed by atoms with Crippen molar-refractivity contribution in [2.24, 2.45) is 0 Å². The average Bonchev–Trinajstić information content (AvgIpc) is 2.93. The number of hydrogen-bond donors (Lipinski definition) is 0. The molecule has 2 fully saturated rings. The van der Waals surface area contributed by atoms with Gasteiger partial charge in [0.1, 0.15) is 24.9 Å². The summed E-state index contributed by atoms with van der Waals surface area (Å²) in [6, 6.07) is 0. The van der Waals surface area contributed by atoms with Crippen LogP contribution in [0.15, 0.2) is 0 Å². The van der Waals surface area contributed by atoms with E-state index in [0.717, 1.165) is 0 Å². The Morgan fingerprint density at radius 2 is 1.71 bits per heavy atom.